The number of anilines is 3. The molecule has 0 heterocycles. The van der Waals surface area contributed by atoms with E-state index in [0.717, 1.165) is 44.9 Å². The van der Waals surface area contributed by atoms with Gasteiger partial charge in [-0.05, 0) is 64.2 Å². The van der Waals surface area contributed by atoms with Gasteiger partial charge in [0, 0.05) is 23.1 Å². The van der Waals surface area contributed by atoms with Crippen LogP contribution in [0.1, 0.15) is 5.56 Å². The predicted octanol–water partition coefficient (Wildman–Crippen LogP) is 8.72. The second-order valence-electron chi connectivity index (χ2n) is 8.64. The Hall–Kier alpha value is -4.89. The van der Waals surface area contributed by atoms with Crippen LogP contribution in [0, 0.1) is 0 Å². The van der Waals surface area contributed by atoms with Crippen LogP contribution < -0.4 is 4.90 Å². The Labute approximate surface area is 217 Å². The molecule has 37 heavy (non-hydrogen) atoms. The van der Waals surface area contributed by atoms with Crippen molar-refractivity contribution in [2.45, 2.75) is 6.61 Å². The Bertz CT molecular complexity index is 1420. The summed E-state index contributed by atoms with van der Waals surface area (Å²) < 4.78 is 5.10. The van der Waals surface area contributed by atoms with Crippen LogP contribution >= 0.6 is 0 Å². The van der Waals surface area contributed by atoms with E-state index in [1.165, 1.54) is 6.08 Å². The molecule has 0 N–H and O–H groups in total. The molecule has 0 amide bonds. The molecule has 0 spiro atoms. The third kappa shape index (κ3) is 5.68. The lowest BCUT2D eigenvalue weighted by Crippen LogP contribution is -2.09. The lowest BCUT2D eigenvalue weighted by Gasteiger charge is -2.25. The van der Waals surface area contributed by atoms with Gasteiger partial charge in [-0.25, -0.2) is 4.79 Å². The Morgan fingerprint density at radius 2 is 0.946 bits per heavy atom. The number of rotatable bonds is 8. The summed E-state index contributed by atoms with van der Waals surface area (Å²) in [7, 11) is 0. The van der Waals surface area contributed by atoms with E-state index in [1.54, 1.807) is 0 Å². The fraction of sp³-hybridized carbons (Fsp3) is 0.0294. The summed E-state index contributed by atoms with van der Waals surface area (Å²) in [6.45, 7) is 3.66. The molecule has 5 rings (SSSR count). The summed E-state index contributed by atoms with van der Waals surface area (Å²) in [4.78, 5) is 13.5. The van der Waals surface area contributed by atoms with Crippen LogP contribution in [0.3, 0.4) is 0 Å². The van der Waals surface area contributed by atoms with E-state index in [9.17, 15) is 4.79 Å². The SMILES string of the molecule is C=CC(=O)OCc1ccc(-c2ccc(-c3ccc(N(c4ccccc4)c4ccccc4)cc3)cc2)cc1. The number of nitrogens with zero attached hydrogens (tertiary/aromatic N) is 1. The van der Waals surface area contributed by atoms with Gasteiger partial charge in [0.2, 0.25) is 0 Å². The second-order valence-corrected chi connectivity index (χ2v) is 8.64. The van der Waals surface area contributed by atoms with Gasteiger partial charge in [0.05, 0.1) is 0 Å². The van der Waals surface area contributed by atoms with Gasteiger partial charge in [0.25, 0.3) is 0 Å². The van der Waals surface area contributed by atoms with Gasteiger partial charge in [-0.15, -0.1) is 0 Å². The molecule has 0 unspecified atom stereocenters. The number of hydrogen-bond acceptors (Lipinski definition) is 3. The highest BCUT2D eigenvalue weighted by molar-refractivity contribution is 5.81. The van der Waals surface area contributed by atoms with E-state index in [1.807, 2.05) is 36.4 Å². The summed E-state index contributed by atoms with van der Waals surface area (Å²) in [6, 6.07) is 46.1. The number of benzene rings is 5. The number of hydrogen-bond donors (Lipinski definition) is 0. The van der Waals surface area contributed by atoms with Gasteiger partial charge in [-0.2, -0.15) is 0 Å². The maximum Gasteiger partial charge on any atom is 0.330 e. The van der Waals surface area contributed by atoms with Crippen LogP contribution in [0.15, 0.2) is 146 Å². The zero-order valence-electron chi connectivity index (χ0n) is 20.5. The highest BCUT2D eigenvalue weighted by Crippen LogP contribution is 2.35. The Morgan fingerprint density at radius 3 is 1.38 bits per heavy atom. The maximum absolute atomic E-state index is 11.3. The summed E-state index contributed by atoms with van der Waals surface area (Å²) in [5.74, 6) is -0.416. The maximum atomic E-state index is 11.3. The molecule has 180 valence electrons. The average Bonchev–Trinajstić information content (AvgIpc) is 2.98. The topological polar surface area (TPSA) is 29.5 Å². The van der Waals surface area contributed by atoms with Gasteiger partial charge in [-0.3, -0.25) is 0 Å². The first-order chi connectivity index (χ1) is 18.2. The molecule has 0 aliphatic carbocycles. The molecular formula is C34H27NO2. The summed E-state index contributed by atoms with van der Waals surface area (Å²) in [5.41, 5.74) is 8.86. The van der Waals surface area contributed by atoms with E-state index in [0.29, 0.717) is 0 Å². The number of carbonyl (C=O) groups is 1. The van der Waals surface area contributed by atoms with Crippen molar-refractivity contribution in [3.63, 3.8) is 0 Å². The van der Waals surface area contributed by atoms with Crippen LogP contribution in [0.25, 0.3) is 22.3 Å². The monoisotopic (exact) mass is 481 g/mol. The number of esters is 1. The minimum Gasteiger partial charge on any atom is -0.458 e. The zero-order chi connectivity index (χ0) is 25.5. The highest BCUT2D eigenvalue weighted by Gasteiger charge is 2.12. The third-order valence-corrected chi connectivity index (χ3v) is 6.21. The van der Waals surface area contributed by atoms with E-state index in [4.69, 9.17) is 4.74 Å². The lowest BCUT2D eigenvalue weighted by molar-refractivity contribution is -0.138. The molecule has 3 nitrogen and oxygen atoms in total. The van der Waals surface area contributed by atoms with Crippen LogP contribution in [-0.2, 0) is 16.1 Å². The summed E-state index contributed by atoms with van der Waals surface area (Å²) >= 11 is 0. The van der Waals surface area contributed by atoms with E-state index in [2.05, 4.69) is 109 Å². The largest absolute Gasteiger partial charge is 0.458 e. The quantitative estimate of drug-likeness (QED) is 0.164. The number of ether oxygens (including phenoxy) is 1. The molecule has 0 atom stereocenters. The fourth-order valence-electron chi connectivity index (χ4n) is 4.27. The second kappa shape index (κ2) is 11.2. The Kier molecular flexibility index (Phi) is 7.24. The minimum absolute atomic E-state index is 0.242. The van der Waals surface area contributed by atoms with Crippen LogP contribution in [0.4, 0.5) is 17.1 Å². The van der Waals surface area contributed by atoms with Crippen molar-refractivity contribution in [2.75, 3.05) is 4.90 Å². The van der Waals surface area contributed by atoms with Gasteiger partial charge in [0.1, 0.15) is 6.61 Å². The first-order valence-corrected chi connectivity index (χ1v) is 12.2. The van der Waals surface area contributed by atoms with E-state index >= 15 is 0 Å². The smallest absolute Gasteiger partial charge is 0.330 e. The summed E-state index contributed by atoms with van der Waals surface area (Å²) in [6.07, 6.45) is 1.17. The van der Waals surface area contributed by atoms with Crippen LogP contribution in [0.5, 0.6) is 0 Å². The molecule has 3 heteroatoms. The molecule has 0 fully saturated rings. The Morgan fingerprint density at radius 1 is 0.568 bits per heavy atom. The molecule has 0 bridgehead atoms. The van der Waals surface area contributed by atoms with E-state index in [-0.39, 0.29) is 6.61 Å². The fourth-order valence-corrected chi connectivity index (χ4v) is 4.27. The lowest BCUT2D eigenvalue weighted by atomic mass is 9.99. The van der Waals surface area contributed by atoms with Gasteiger partial charge < -0.3 is 9.64 Å². The minimum atomic E-state index is -0.416. The third-order valence-electron chi connectivity index (χ3n) is 6.21. The van der Waals surface area contributed by atoms with Crippen molar-refractivity contribution in [1.82, 2.24) is 0 Å². The molecule has 0 aromatic heterocycles. The van der Waals surface area contributed by atoms with Gasteiger partial charge in [-0.1, -0.05) is 104 Å². The van der Waals surface area contributed by atoms with Crippen molar-refractivity contribution >= 4 is 23.0 Å². The van der Waals surface area contributed by atoms with Crippen molar-refractivity contribution < 1.29 is 9.53 Å². The first-order valence-electron chi connectivity index (χ1n) is 12.2. The Balaban J connectivity index is 1.34. The average molecular weight is 482 g/mol. The van der Waals surface area contributed by atoms with Crippen molar-refractivity contribution in [1.29, 1.82) is 0 Å². The van der Waals surface area contributed by atoms with E-state index < -0.39 is 5.97 Å². The standard InChI is InChI=1S/C34H27NO2/c1-2-34(36)37-25-26-13-15-27(16-14-26)28-17-19-29(20-18-28)30-21-23-33(24-22-30)35(31-9-5-3-6-10-31)32-11-7-4-8-12-32/h2-24H,1,25H2. The van der Waals surface area contributed by atoms with Crippen molar-refractivity contribution in [2.24, 2.45) is 0 Å². The van der Waals surface area contributed by atoms with Gasteiger partial charge >= 0.3 is 5.97 Å². The zero-order valence-corrected chi connectivity index (χ0v) is 20.5. The number of para-hydroxylation sites is 2. The molecular weight excluding hydrogens is 454 g/mol. The van der Waals surface area contributed by atoms with Crippen LogP contribution in [-0.4, -0.2) is 5.97 Å². The molecule has 0 aliphatic rings. The molecule has 0 saturated carbocycles. The predicted molar refractivity (Wildman–Crippen MR) is 152 cm³/mol. The van der Waals surface area contributed by atoms with Crippen molar-refractivity contribution in [3.8, 4) is 22.3 Å². The summed E-state index contributed by atoms with van der Waals surface area (Å²) in [5, 5.41) is 0. The normalized spacial score (nSPS) is 10.5. The molecule has 0 saturated heterocycles. The van der Waals surface area contributed by atoms with Gasteiger partial charge in [0.15, 0.2) is 0 Å². The van der Waals surface area contributed by atoms with Crippen LogP contribution in [0.2, 0.25) is 0 Å². The first kappa shape index (κ1) is 23.8. The molecule has 0 radical (unpaired) electrons. The van der Waals surface area contributed by atoms with Crippen molar-refractivity contribution in [3.05, 3.63) is 152 Å². The highest BCUT2D eigenvalue weighted by atomic mass is 16.5. The molecule has 5 aromatic carbocycles. The molecule has 5 aromatic rings. The number of carbonyl (C=O) groups excluding carboxylic acids is 1. The molecule has 0 aliphatic heterocycles.